The third-order valence-corrected chi connectivity index (χ3v) is 4.99. The number of amides is 2. The molecule has 108 valence electrons. The minimum Gasteiger partial charge on any atom is -0.447 e. The normalized spacial score (nSPS) is 16.1. The molecule has 20 heavy (non-hydrogen) atoms. The third-order valence-electron chi connectivity index (χ3n) is 3.01. The standard InChI is InChI=1S/C14H16BrNO3S/c1-10(8-13(17)16-6-7-19-14(16)18)20-9-11-4-2-3-5-12(11)15/h2-5,10H,6-9H2,1H3/t10-/m0/s1. The molecule has 0 radical (unpaired) electrons. The number of imide groups is 1. The predicted octanol–water partition coefficient (Wildman–Crippen LogP) is 3.44. The third kappa shape index (κ3) is 3.99. The van der Waals surface area contributed by atoms with Gasteiger partial charge in [0.15, 0.2) is 0 Å². The summed E-state index contributed by atoms with van der Waals surface area (Å²) in [6, 6.07) is 8.04. The Kier molecular flexibility index (Phi) is 5.48. The van der Waals surface area contributed by atoms with Crippen LogP contribution >= 0.6 is 27.7 Å². The van der Waals surface area contributed by atoms with Crippen LogP contribution in [0.3, 0.4) is 0 Å². The predicted molar refractivity (Wildman–Crippen MR) is 82.6 cm³/mol. The van der Waals surface area contributed by atoms with Gasteiger partial charge in [0.05, 0.1) is 6.54 Å². The van der Waals surface area contributed by atoms with E-state index >= 15 is 0 Å². The summed E-state index contributed by atoms with van der Waals surface area (Å²) < 4.78 is 5.84. The van der Waals surface area contributed by atoms with Crippen LogP contribution in [0.15, 0.2) is 28.7 Å². The lowest BCUT2D eigenvalue weighted by atomic mass is 10.2. The monoisotopic (exact) mass is 357 g/mol. The van der Waals surface area contributed by atoms with Gasteiger partial charge in [-0.2, -0.15) is 11.8 Å². The molecule has 0 aliphatic carbocycles. The zero-order chi connectivity index (χ0) is 14.5. The van der Waals surface area contributed by atoms with Crippen molar-refractivity contribution >= 4 is 39.7 Å². The molecule has 2 amide bonds. The van der Waals surface area contributed by atoms with Gasteiger partial charge in [0.25, 0.3) is 0 Å². The van der Waals surface area contributed by atoms with E-state index < -0.39 is 6.09 Å². The number of halogens is 1. The molecule has 1 aromatic rings. The van der Waals surface area contributed by atoms with Crippen LogP contribution in [0, 0.1) is 0 Å². The molecule has 0 spiro atoms. The van der Waals surface area contributed by atoms with Crippen molar-refractivity contribution < 1.29 is 14.3 Å². The molecule has 2 rings (SSSR count). The second-order valence-electron chi connectivity index (χ2n) is 4.58. The molecule has 1 aliphatic rings. The van der Waals surface area contributed by atoms with Gasteiger partial charge in [-0.25, -0.2) is 9.69 Å². The second-order valence-corrected chi connectivity index (χ2v) is 6.86. The summed E-state index contributed by atoms with van der Waals surface area (Å²) >= 11 is 5.21. The molecule has 1 aliphatic heterocycles. The minimum absolute atomic E-state index is 0.153. The van der Waals surface area contributed by atoms with Gasteiger partial charge < -0.3 is 4.74 Å². The quantitative estimate of drug-likeness (QED) is 0.809. The highest BCUT2D eigenvalue weighted by atomic mass is 79.9. The van der Waals surface area contributed by atoms with Gasteiger partial charge in [-0.05, 0) is 11.6 Å². The van der Waals surface area contributed by atoms with E-state index in [9.17, 15) is 9.59 Å². The van der Waals surface area contributed by atoms with Crippen LogP contribution in [0.1, 0.15) is 18.9 Å². The van der Waals surface area contributed by atoms with Crippen molar-refractivity contribution in [1.82, 2.24) is 4.90 Å². The summed E-state index contributed by atoms with van der Waals surface area (Å²) in [7, 11) is 0. The molecule has 1 atom stereocenters. The van der Waals surface area contributed by atoms with Crippen LogP contribution < -0.4 is 0 Å². The Morgan fingerprint density at radius 3 is 2.90 bits per heavy atom. The van der Waals surface area contributed by atoms with Gasteiger partial charge in [0.1, 0.15) is 6.61 Å². The Morgan fingerprint density at radius 1 is 1.50 bits per heavy atom. The second kappa shape index (κ2) is 7.13. The lowest BCUT2D eigenvalue weighted by Crippen LogP contribution is -2.33. The lowest BCUT2D eigenvalue weighted by molar-refractivity contribution is -0.127. The molecule has 0 N–H and O–H groups in total. The highest BCUT2D eigenvalue weighted by molar-refractivity contribution is 9.10. The first-order valence-electron chi connectivity index (χ1n) is 6.40. The SMILES string of the molecule is C[C@@H](CC(=O)N1CCOC1=O)SCc1ccccc1Br. The Bertz CT molecular complexity index is 509. The maximum Gasteiger partial charge on any atom is 0.416 e. The molecule has 1 saturated heterocycles. The van der Waals surface area contributed by atoms with Crippen LogP contribution in [-0.2, 0) is 15.3 Å². The molecular formula is C14H16BrNO3S. The summed E-state index contributed by atoms with van der Waals surface area (Å²) in [6.07, 6.45) is -0.164. The van der Waals surface area contributed by atoms with E-state index in [1.165, 1.54) is 10.5 Å². The average Bonchev–Trinajstić information content (AvgIpc) is 2.84. The van der Waals surface area contributed by atoms with Crippen molar-refractivity contribution in [2.45, 2.75) is 24.3 Å². The van der Waals surface area contributed by atoms with Crippen molar-refractivity contribution in [2.75, 3.05) is 13.2 Å². The van der Waals surface area contributed by atoms with E-state index in [0.29, 0.717) is 19.6 Å². The number of nitrogens with zero attached hydrogens (tertiary/aromatic N) is 1. The van der Waals surface area contributed by atoms with E-state index in [1.54, 1.807) is 11.8 Å². The molecule has 0 saturated carbocycles. The number of rotatable bonds is 5. The number of hydrogen-bond donors (Lipinski definition) is 0. The Hall–Kier alpha value is -1.01. The largest absolute Gasteiger partial charge is 0.447 e. The first kappa shape index (κ1) is 15.4. The number of carbonyl (C=O) groups is 2. The van der Waals surface area contributed by atoms with Crippen LogP contribution in [0.4, 0.5) is 4.79 Å². The van der Waals surface area contributed by atoms with Crippen LogP contribution in [0.5, 0.6) is 0 Å². The zero-order valence-electron chi connectivity index (χ0n) is 11.2. The van der Waals surface area contributed by atoms with E-state index in [2.05, 4.69) is 22.0 Å². The molecule has 1 aromatic carbocycles. The number of carbonyl (C=O) groups excluding carboxylic acids is 2. The highest BCUT2D eigenvalue weighted by Crippen LogP contribution is 2.25. The van der Waals surface area contributed by atoms with Crippen molar-refractivity contribution in [2.24, 2.45) is 0 Å². The summed E-state index contributed by atoms with van der Waals surface area (Å²) in [5.74, 6) is 0.681. The molecule has 1 fully saturated rings. The fraction of sp³-hybridized carbons (Fsp3) is 0.429. The molecule has 1 heterocycles. The van der Waals surface area contributed by atoms with Crippen LogP contribution in [0.25, 0.3) is 0 Å². The fourth-order valence-electron chi connectivity index (χ4n) is 1.88. The van der Waals surface area contributed by atoms with Crippen LogP contribution in [0.2, 0.25) is 0 Å². The number of hydrogen-bond acceptors (Lipinski definition) is 4. The molecule has 6 heteroatoms. The summed E-state index contributed by atoms with van der Waals surface area (Å²) in [4.78, 5) is 24.4. The summed E-state index contributed by atoms with van der Waals surface area (Å²) in [5, 5.41) is 0.156. The average molecular weight is 358 g/mol. The zero-order valence-corrected chi connectivity index (χ0v) is 13.6. The number of benzene rings is 1. The van der Waals surface area contributed by atoms with E-state index in [4.69, 9.17) is 4.74 Å². The van der Waals surface area contributed by atoms with Gasteiger partial charge in [0.2, 0.25) is 5.91 Å². The Morgan fingerprint density at radius 2 is 2.25 bits per heavy atom. The Labute approximate surface area is 131 Å². The molecule has 0 aromatic heterocycles. The maximum atomic E-state index is 11.9. The van der Waals surface area contributed by atoms with Gasteiger partial charge in [-0.3, -0.25) is 4.79 Å². The van der Waals surface area contributed by atoms with Crippen molar-refractivity contribution in [3.8, 4) is 0 Å². The van der Waals surface area contributed by atoms with E-state index in [-0.39, 0.29) is 11.2 Å². The first-order valence-corrected chi connectivity index (χ1v) is 8.24. The van der Waals surface area contributed by atoms with Crippen molar-refractivity contribution in [1.29, 1.82) is 0 Å². The van der Waals surface area contributed by atoms with Gasteiger partial charge in [-0.15, -0.1) is 0 Å². The summed E-state index contributed by atoms with van der Waals surface area (Å²) in [5.41, 5.74) is 1.21. The van der Waals surface area contributed by atoms with Crippen LogP contribution in [-0.4, -0.2) is 35.3 Å². The van der Waals surface area contributed by atoms with Crippen molar-refractivity contribution in [3.63, 3.8) is 0 Å². The van der Waals surface area contributed by atoms with Gasteiger partial charge in [0, 0.05) is 21.9 Å². The van der Waals surface area contributed by atoms with E-state index in [1.807, 2.05) is 25.1 Å². The molecule has 0 bridgehead atoms. The maximum absolute atomic E-state index is 11.9. The highest BCUT2D eigenvalue weighted by Gasteiger charge is 2.29. The Balaban J connectivity index is 1.81. The van der Waals surface area contributed by atoms with E-state index in [0.717, 1.165) is 10.2 Å². The molecular weight excluding hydrogens is 342 g/mol. The number of ether oxygens (including phenoxy) is 1. The van der Waals surface area contributed by atoms with Gasteiger partial charge >= 0.3 is 6.09 Å². The number of thioether (sulfide) groups is 1. The topological polar surface area (TPSA) is 46.6 Å². The number of cyclic esters (lactones) is 1. The lowest BCUT2D eigenvalue weighted by Gasteiger charge is -2.15. The fourth-order valence-corrected chi connectivity index (χ4v) is 3.47. The molecule has 0 unspecified atom stereocenters. The smallest absolute Gasteiger partial charge is 0.416 e. The summed E-state index contributed by atoms with van der Waals surface area (Å²) in [6.45, 7) is 2.68. The molecule has 4 nitrogen and oxygen atoms in total. The first-order chi connectivity index (χ1) is 9.58. The minimum atomic E-state index is -0.516. The van der Waals surface area contributed by atoms with Crippen molar-refractivity contribution in [3.05, 3.63) is 34.3 Å². The van der Waals surface area contributed by atoms with Gasteiger partial charge in [-0.1, -0.05) is 41.1 Å².